The summed E-state index contributed by atoms with van der Waals surface area (Å²) in [7, 11) is 1.65. The van der Waals surface area contributed by atoms with Crippen LogP contribution in [0.25, 0.3) is 11.2 Å². The second-order valence-corrected chi connectivity index (χ2v) is 7.81. The number of aromatic nitrogens is 4. The normalized spacial score (nSPS) is 15.3. The number of hydrogen-bond acceptors (Lipinski definition) is 5. The summed E-state index contributed by atoms with van der Waals surface area (Å²) in [5.41, 5.74) is 2.31. The van der Waals surface area contributed by atoms with Crippen LogP contribution in [-0.4, -0.2) is 56.7 Å². The van der Waals surface area contributed by atoms with Gasteiger partial charge in [0, 0.05) is 33.2 Å². The standard InChI is InChI=1S/C21H28N6O2/c1-4-8-25-9-11-26(12-10-25)20-22-18-17(19(28)23-21(29)24(18)3)27(20)14-16-7-5-6-15(2)13-16/h5-7,13H,4,8-12,14H2,1-3H3,(H,23,28,29). The quantitative estimate of drug-likeness (QED) is 0.704. The first-order chi connectivity index (χ1) is 14.0. The van der Waals surface area contributed by atoms with Crippen molar-refractivity contribution in [1.29, 1.82) is 0 Å². The van der Waals surface area contributed by atoms with E-state index in [-0.39, 0.29) is 5.56 Å². The lowest BCUT2D eigenvalue weighted by molar-refractivity contribution is 0.257. The number of aromatic amines is 1. The maximum atomic E-state index is 12.7. The van der Waals surface area contributed by atoms with Gasteiger partial charge in [0.2, 0.25) is 5.95 Å². The summed E-state index contributed by atoms with van der Waals surface area (Å²) in [4.78, 5) is 36.7. The predicted molar refractivity (Wildman–Crippen MR) is 115 cm³/mol. The van der Waals surface area contributed by atoms with Crippen LogP contribution in [0.4, 0.5) is 5.95 Å². The van der Waals surface area contributed by atoms with Gasteiger partial charge in [-0.25, -0.2) is 4.79 Å². The Balaban J connectivity index is 1.80. The maximum absolute atomic E-state index is 12.7. The fraction of sp³-hybridized carbons (Fsp3) is 0.476. The maximum Gasteiger partial charge on any atom is 0.329 e. The summed E-state index contributed by atoms with van der Waals surface area (Å²) >= 11 is 0. The molecule has 3 heterocycles. The number of aryl methyl sites for hydroxylation is 2. The van der Waals surface area contributed by atoms with Gasteiger partial charge in [-0.2, -0.15) is 4.98 Å². The summed E-state index contributed by atoms with van der Waals surface area (Å²) in [6.07, 6.45) is 1.14. The molecule has 0 bridgehead atoms. The first-order valence-electron chi connectivity index (χ1n) is 10.2. The zero-order chi connectivity index (χ0) is 20.5. The topological polar surface area (TPSA) is 79.2 Å². The van der Waals surface area contributed by atoms with Gasteiger partial charge in [0.15, 0.2) is 11.2 Å². The van der Waals surface area contributed by atoms with Gasteiger partial charge in [0.1, 0.15) is 0 Å². The summed E-state index contributed by atoms with van der Waals surface area (Å²) in [6, 6.07) is 8.25. The van der Waals surface area contributed by atoms with Crippen LogP contribution in [0.15, 0.2) is 33.9 Å². The molecule has 0 aliphatic carbocycles. The van der Waals surface area contributed by atoms with Crippen LogP contribution >= 0.6 is 0 Å². The van der Waals surface area contributed by atoms with Gasteiger partial charge in [-0.15, -0.1) is 0 Å². The molecule has 3 aromatic rings. The highest BCUT2D eigenvalue weighted by Crippen LogP contribution is 2.22. The third-order valence-corrected chi connectivity index (χ3v) is 5.61. The Kier molecular flexibility index (Phi) is 5.27. The molecule has 29 heavy (non-hydrogen) atoms. The lowest BCUT2D eigenvalue weighted by Crippen LogP contribution is -2.47. The number of imidazole rings is 1. The van der Waals surface area contributed by atoms with Crippen LogP contribution in [0.3, 0.4) is 0 Å². The lowest BCUT2D eigenvalue weighted by Gasteiger charge is -2.35. The van der Waals surface area contributed by atoms with E-state index in [9.17, 15) is 9.59 Å². The molecule has 0 amide bonds. The molecule has 4 rings (SSSR count). The van der Waals surface area contributed by atoms with Crippen LogP contribution in [0.2, 0.25) is 0 Å². The number of rotatable bonds is 5. The Morgan fingerprint density at radius 1 is 1.14 bits per heavy atom. The average molecular weight is 396 g/mol. The van der Waals surface area contributed by atoms with Crippen molar-refractivity contribution >= 4 is 17.1 Å². The Hall–Kier alpha value is -2.87. The molecule has 0 unspecified atom stereocenters. The number of H-pyrrole nitrogens is 1. The molecule has 1 aliphatic rings. The van der Waals surface area contributed by atoms with E-state index in [4.69, 9.17) is 4.98 Å². The van der Waals surface area contributed by atoms with E-state index in [2.05, 4.69) is 46.8 Å². The van der Waals surface area contributed by atoms with Crippen molar-refractivity contribution in [1.82, 2.24) is 24.0 Å². The molecule has 1 fully saturated rings. The number of hydrogen-bond donors (Lipinski definition) is 1. The molecule has 1 aromatic carbocycles. The minimum atomic E-state index is -0.443. The molecular formula is C21H28N6O2. The molecule has 1 N–H and O–H groups in total. The summed E-state index contributed by atoms with van der Waals surface area (Å²) in [6.45, 7) is 9.52. The summed E-state index contributed by atoms with van der Waals surface area (Å²) in [5.74, 6) is 0.754. The van der Waals surface area contributed by atoms with Crippen molar-refractivity contribution in [3.8, 4) is 0 Å². The zero-order valence-electron chi connectivity index (χ0n) is 17.3. The molecule has 2 aromatic heterocycles. The van der Waals surface area contributed by atoms with E-state index in [1.54, 1.807) is 7.05 Å². The van der Waals surface area contributed by atoms with Gasteiger partial charge in [-0.1, -0.05) is 36.8 Å². The molecule has 1 saturated heterocycles. The van der Waals surface area contributed by atoms with E-state index in [1.165, 1.54) is 10.1 Å². The van der Waals surface area contributed by atoms with Crippen LogP contribution in [0.5, 0.6) is 0 Å². The van der Waals surface area contributed by atoms with Gasteiger partial charge in [0.05, 0.1) is 6.54 Å². The Morgan fingerprint density at radius 3 is 2.59 bits per heavy atom. The number of anilines is 1. The van der Waals surface area contributed by atoms with Gasteiger partial charge < -0.3 is 4.90 Å². The number of nitrogens with one attached hydrogen (secondary N) is 1. The fourth-order valence-electron chi connectivity index (χ4n) is 4.10. The third kappa shape index (κ3) is 3.72. The van der Waals surface area contributed by atoms with E-state index in [0.717, 1.165) is 50.7 Å². The van der Waals surface area contributed by atoms with Crippen molar-refractivity contribution in [2.45, 2.75) is 26.8 Å². The number of piperazine rings is 1. The van der Waals surface area contributed by atoms with Gasteiger partial charge in [-0.05, 0) is 25.5 Å². The van der Waals surface area contributed by atoms with E-state index < -0.39 is 5.69 Å². The van der Waals surface area contributed by atoms with Crippen LogP contribution in [-0.2, 0) is 13.6 Å². The Morgan fingerprint density at radius 2 is 1.90 bits per heavy atom. The minimum Gasteiger partial charge on any atom is -0.340 e. The van der Waals surface area contributed by atoms with Gasteiger partial charge in [0.25, 0.3) is 5.56 Å². The zero-order valence-corrected chi connectivity index (χ0v) is 17.3. The molecule has 0 atom stereocenters. The highest BCUT2D eigenvalue weighted by Gasteiger charge is 2.24. The molecule has 154 valence electrons. The monoisotopic (exact) mass is 396 g/mol. The van der Waals surface area contributed by atoms with Crippen molar-refractivity contribution in [2.75, 3.05) is 37.6 Å². The minimum absolute atomic E-state index is 0.390. The van der Waals surface area contributed by atoms with Crippen molar-refractivity contribution in [2.24, 2.45) is 7.05 Å². The molecule has 1 aliphatic heterocycles. The van der Waals surface area contributed by atoms with Crippen LogP contribution in [0, 0.1) is 6.92 Å². The highest BCUT2D eigenvalue weighted by molar-refractivity contribution is 5.74. The first kappa shape index (κ1) is 19.4. The highest BCUT2D eigenvalue weighted by atomic mass is 16.2. The Bertz CT molecular complexity index is 1130. The molecular weight excluding hydrogens is 368 g/mol. The number of fused-ring (bicyclic) bond motifs is 1. The Labute approximate surface area is 169 Å². The molecule has 0 spiro atoms. The third-order valence-electron chi connectivity index (χ3n) is 5.61. The summed E-state index contributed by atoms with van der Waals surface area (Å²) < 4.78 is 3.37. The van der Waals surface area contributed by atoms with Crippen LogP contribution < -0.4 is 16.1 Å². The summed E-state index contributed by atoms with van der Waals surface area (Å²) in [5, 5.41) is 0. The average Bonchev–Trinajstić information content (AvgIpc) is 3.07. The van der Waals surface area contributed by atoms with E-state index in [1.807, 2.05) is 10.6 Å². The SMILES string of the molecule is CCCN1CCN(c2nc3c(c(=O)[nH]c(=O)n3C)n2Cc2cccc(C)c2)CC1. The molecule has 8 nitrogen and oxygen atoms in total. The second-order valence-electron chi connectivity index (χ2n) is 7.81. The molecule has 8 heteroatoms. The molecule has 0 saturated carbocycles. The van der Waals surface area contributed by atoms with Crippen LogP contribution in [0.1, 0.15) is 24.5 Å². The van der Waals surface area contributed by atoms with Gasteiger partial charge in [-0.3, -0.25) is 23.8 Å². The molecule has 0 radical (unpaired) electrons. The smallest absolute Gasteiger partial charge is 0.329 e. The fourth-order valence-corrected chi connectivity index (χ4v) is 4.10. The predicted octanol–water partition coefficient (Wildman–Crippen LogP) is 1.31. The second kappa shape index (κ2) is 7.87. The first-order valence-corrected chi connectivity index (χ1v) is 10.2. The van der Waals surface area contributed by atoms with Crippen molar-refractivity contribution in [3.05, 3.63) is 56.2 Å². The van der Waals surface area contributed by atoms with E-state index in [0.29, 0.717) is 17.7 Å². The van der Waals surface area contributed by atoms with Crippen molar-refractivity contribution in [3.63, 3.8) is 0 Å². The lowest BCUT2D eigenvalue weighted by atomic mass is 10.1. The van der Waals surface area contributed by atoms with Gasteiger partial charge >= 0.3 is 5.69 Å². The number of nitrogens with zero attached hydrogens (tertiary/aromatic N) is 5. The largest absolute Gasteiger partial charge is 0.340 e. The van der Waals surface area contributed by atoms with E-state index >= 15 is 0 Å². The van der Waals surface area contributed by atoms with Crippen molar-refractivity contribution < 1.29 is 0 Å². The number of benzene rings is 1.